The van der Waals surface area contributed by atoms with Gasteiger partial charge in [0.05, 0.1) is 18.6 Å². The minimum Gasteiger partial charge on any atom is -0.395 e. The summed E-state index contributed by atoms with van der Waals surface area (Å²) in [7, 11) is -9.12. The minimum atomic E-state index is -5.07. The van der Waals surface area contributed by atoms with E-state index in [1.54, 1.807) is 11.5 Å². The highest BCUT2D eigenvalue weighted by molar-refractivity contribution is 7.92. The molecule has 13 nitrogen and oxygen atoms in total. The molecule has 2 aliphatic rings. The van der Waals surface area contributed by atoms with E-state index in [-0.39, 0.29) is 31.5 Å². The van der Waals surface area contributed by atoms with Gasteiger partial charge in [0.2, 0.25) is 0 Å². The Balaban J connectivity index is 1.63. The predicted molar refractivity (Wildman–Crippen MR) is 119 cm³/mol. The number of carbonyl (C=O) groups is 2. The summed E-state index contributed by atoms with van der Waals surface area (Å²) in [6.45, 7) is 1.13. The average Bonchev–Trinajstić information content (AvgIpc) is 3.34. The number of aromatic nitrogens is 1. The number of fused-ring (bicyclic) bond motifs is 1. The Labute approximate surface area is 201 Å². The van der Waals surface area contributed by atoms with Crippen LogP contribution >= 0.6 is 7.82 Å². The monoisotopic (exact) mass is 529 g/mol. The van der Waals surface area contributed by atoms with Crippen molar-refractivity contribution < 1.29 is 47.1 Å². The average molecular weight is 529 g/mol. The molecule has 4 N–H and O–H groups in total. The molecule has 3 rings (SSSR count). The van der Waals surface area contributed by atoms with E-state index >= 15 is 0 Å². The van der Waals surface area contributed by atoms with Crippen LogP contribution in [0.2, 0.25) is 0 Å². The molecular weight excluding hydrogens is 505 g/mol. The number of nitrogens with zero attached hydrogens (tertiary/aromatic N) is 2. The fraction of sp³-hybridized carbons (Fsp3) is 0.500. The van der Waals surface area contributed by atoms with Crippen LogP contribution in [0.4, 0.5) is 4.79 Å². The van der Waals surface area contributed by atoms with Crippen LogP contribution in [0.1, 0.15) is 37.4 Å². The van der Waals surface area contributed by atoms with Crippen molar-refractivity contribution >= 4 is 29.6 Å². The number of phosphoric acid groups is 1. The Bertz CT molecular complexity index is 1310. The van der Waals surface area contributed by atoms with Crippen LogP contribution in [0.25, 0.3) is 0 Å². The highest BCUT2D eigenvalue weighted by Gasteiger charge is 2.45. The molecule has 1 atom stereocenters. The van der Waals surface area contributed by atoms with Crippen LogP contribution in [-0.4, -0.2) is 68.9 Å². The van der Waals surface area contributed by atoms with Gasteiger partial charge in [0, 0.05) is 30.3 Å². The maximum absolute atomic E-state index is 12.7. The van der Waals surface area contributed by atoms with Crippen molar-refractivity contribution in [3.8, 4) is 23.7 Å². The van der Waals surface area contributed by atoms with Crippen molar-refractivity contribution in [3.63, 3.8) is 0 Å². The van der Waals surface area contributed by atoms with E-state index < -0.39 is 34.3 Å². The van der Waals surface area contributed by atoms with E-state index in [1.165, 1.54) is 15.7 Å². The van der Waals surface area contributed by atoms with Crippen molar-refractivity contribution in [3.05, 3.63) is 23.5 Å². The van der Waals surface area contributed by atoms with Crippen molar-refractivity contribution in [2.75, 3.05) is 19.4 Å². The number of aliphatic hydroxyl groups excluding tert-OH is 1. The topological polar surface area (TPSA) is 185 Å². The van der Waals surface area contributed by atoms with Gasteiger partial charge in [0.15, 0.2) is 14.6 Å². The summed E-state index contributed by atoms with van der Waals surface area (Å²) in [5, 5.41) is 9.25. The molecule has 0 spiro atoms. The predicted octanol–water partition coefficient (Wildman–Crippen LogP) is -0.335. The summed E-state index contributed by atoms with van der Waals surface area (Å²) in [6.07, 6.45) is 3.70. The highest BCUT2D eigenvalue weighted by atomic mass is 32.2. The van der Waals surface area contributed by atoms with E-state index in [2.05, 4.69) is 33.3 Å². The molecule has 2 amide bonds. The molecule has 0 bridgehead atoms. The number of carbonyl (C=O) groups excluding carboxylic acids is 2. The second-order valence-corrected chi connectivity index (χ2v) is 12.1. The summed E-state index contributed by atoms with van der Waals surface area (Å²) in [5.74, 6) is 9.98. The molecule has 1 aliphatic heterocycles. The Morgan fingerprint density at radius 1 is 1.34 bits per heavy atom. The van der Waals surface area contributed by atoms with Crippen LogP contribution in [0, 0.1) is 29.1 Å². The normalized spacial score (nSPS) is 18.0. The number of rotatable bonds is 9. The number of aliphatic hydroxyl groups is 1. The Morgan fingerprint density at radius 3 is 2.57 bits per heavy atom. The summed E-state index contributed by atoms with van der Waals surface area (Å²) >= 11 is 0. The van der Waals surface area contributed by atoms with Gasteiger partial charge < -0.3 is 19.8 Å². The summed E-state index contributed by atoms with van der Waals surface area (Å²) in [4.78, 5) is 47.6. The third kappa shape index (κ3) is 6.31. The number of sulfone groups is 1. The fourth-order valence-electron chi connectivity index (χ4n) is 3.24. The first-order chi connectivity index (χ1) is 16.2. The smallest absolute Gasteiger partial charge is 0.395 e. The number of nitrogens with one attached hydrogen (secondary N) is 1. The van der Waals surface area contributed by atoms with Crippen LogP contribution in [-0.2, 0) is 35.4 Å². The molecule has 15 heteroatoms. The SMILES string of the molecule is C[C@@](CCN1Cc2cc(C#CC#CC3(CO)CC3)cn2C1=O)(C(=O)NOOP(=O)(O)O)S(C)(=O)=O. The molecule has 1 aliphatic carbocycles. The molecule has 1 aromatic heterocycles. The van der Waals surface area contributed by atoms with Gasteiger partial charge in [0.25, 0.3) is 5.91 Å². The third-order valence-corrected chi connectivity index (χ3v) is 8.20. The largest absolute Gasteiger partial charge is 0.498 e. The van der Waals surface area contributed by atoms with Crippen LogP contribution < -0.4 is 5.48 Å². The minimum absolute atomic E-state index is 0.000774. The second kappa shape index (κ2) is 9.76. The van der Waals surface area contributed by atoms with E-state index in [1.807, 2.05) is 0 Å². The van der Waals surface area contributed by atoms with E-state index in [4.69, 9.17) is 9.79 Å². The lowest BCUT2D eigenvalue weighted by Crippen LogP contribution is -2.51. The van der Waals surface area contributed by atoms with Crippen molar-refractivity contribution in [1.29, 1.82) is 0 Å². The summed E-state index contributed by atoms with van der Waals surface area (Å²) < 4.78 is 38.2. The highest BCUT2D eigenvalue weighted by Crippen LogP contribution is 2.44. The molecular formula is C20H24N3O10PS. The van der Waals surface area contributed by atoms with Crippen LogP contribution in [0.3, 0.4) is 0 Å². The zero-order valence-corrected chi connectivity index (χ0v) is 20.6. The lowest BCUT2D eigenvalue weighted by atomic mass is 10.1. The first kappa shape index (κ1) is 26.9. The molecule has 1 aromatic rings. The van der Waals surface area contributed by atoms with Crippen molar-refractivity contribution in [2.24, 2.45) is 5.41 Å². The van der Waals surface area contributed by atoms with Gasteiger partial charge in [0.1, 0.15) is 0 Å². The third-order valence-electron chi connectivity index (χ3n) is 5.91. The number of amides is 2. The first-order valence-corrected chi connectivity index (χ1v) is 13.7. The lowest BCUT2D eigenvalue weighted by molar-refractivity contribution is -0.265. The molecule has 2 heterocycles. The van der Waals surface area contributed by atoms with Gasteiger partial charge in [-0.15, -0.1) is 9.66 Å². The van der Waals surface area contributed by atoms with Crippen molar-refractivity contribution in [1.82, 2.24) is 14.9 Å². The van der Waals surface area contributed by atoms with Gasteiger partial charge in [-0.25, -0.2) is 23.3 Å². The van der Waals surface area contributed by atoms with Crippen LogP contribution in [0.15, 0.2) is 12.3 Å². The maximum atomic E-state index is 12.7. The molecule has 1 fully saturated rings. The second-order valence-electron chi connectivity index (χ2n) is 8.57. The lowest BCUT2D eigenvalue weighted by Gasteiger charge is -2.27. The Morgan fingerprint density at radius 2 is 2.03 bits per heavy atom. The van der Waals surface area contributed by atoms with E-state index in [9.17, 15) is 27.7 Å². The first-order valence-electron chi connectivity index (χ1n) is 10.3. The van der Waals surface area contributed by atoms with E-state index in [0.717, 1.165) is 26.0 Å². The van der Waals surface area contributed by atoms with Gasteiger partial charge >= 0.3 is 13.9 Å². The molecule has 1 saturated carbocycles. The molecule has 0 saturated heterocycles. The number of hydroxylamine groups is 1. The number of hydrogen-bond donors (Lipinski definition) is 4. The zero-order chi connectivity index (χ0) is 26.1. The van der Waals surface area contributed by atoms with Gasteiger partial charge in [-0.2, -0.15) is 0 Å². The molecule has 0 radical (unpaired) electrons. The summed E-state index contributed by atoms with van der Waals surface area (Å²) in [6, 6.07) is 1.26. The molecule has 35 heavy (non-hydrogen) atoms. The Hall–Kier alpha value is -2.68. The van der Waals surface area contributed by atoms with Crippen molar-refractivity contribution in [2.45, 2.75) is 37.5 Å². The zero-order valence-electron chi connectivity index (χ0n) is 18.8. The Kier molecular flexibility index (Phi) is 7.50. The van der Waals surface area contributed by atoms with Gasteiger partial charge in [-0.05, 0) is 44.1 Å². The maximum Gasteiger partial charge on any atom is 0.498 e. The molecule has 0 unspecified atom stereocenters. The number of hydrogen-bond acceptors (Lipinski definition) is 8. The molecule has 0 aromatic carbocycles. The van der Waals surface area contributed by atoms with E-state index in [0.29, 0.717) is 11.3 Å². The summed E-state index contributed by atoms with van der Waals surface area (Å²) in [5.41, 5.74) is 2.41. The van der Waals surface area contributed by atoms with Gasteiger partial charge in [-0.1, -0.05) is 11.8 Å². The fourth-order valence-corrected chi connectivity index (χ4v) is 4.21. The standard InChI is InChI=1S/C20H24N3O10PS/c1-19(35(2,30)31,17(25)21-32-33-34(27,28)29)9-10-22-13-16-11-15(12-23(16)18(22)26)5-3-4-6-20(14-24)7-8-20/h11-12,24H,7-10,13-14H2,1-2H3,(H,21,25)(H2,27,28,29)/t19-/m1/s1. The molecule has 190 valence electrons. The van der Waals surface area contributed by atoms with Crippen LogP contribution in [0.5, 0.6) is 0 Å². The van der Waals surface area contributed by atoms with Gasteiger partial charge in [-0.3, -0.25) is 9.36 Å². The quantitative estimate of drug-likeness (QED) is 0.143.